The summed E-state index contributed by atoms with van der Waals surface area (Å²) in [5.74, 6) is -0.00419. The van der Waals surface area contributed by atoms with Crippen LogP contribution in [0.4, 0.5) is 0 Å². The molecule has 2 atom stereocenters. The minimum Gasteiger partial charge on any atom is -0.508 e. The van der Waals surface area contributed by atoms with Crippen LogP contribution < -0.4 is 11.1 Å². The van der Waals surface area contributed by atoms with Gasteiger partial charge in [-0.1, -0.05) is 12.1 Å². The summed E-state index contributed by atoms with van der Waals surface area (Å²) in [4.78, 5) is 16.0. The van der Waals surface area contributed by atoms with Crippen molar-refractivity contribution in [2.24, 2.45) is 5.73 Å². The summed E-state index contributed by atoms with van der Waals surface area (Å²) in [6, 6.07) is 9.65. The van der Waals surface area contributed by atoms with E-state index in [4.69, 9.17) is 5.73 Å². The Morgan fingerprint density at radius 2 is 1.86 bits per heavy atom. The molecular weight excluding hydrogens is 266 g/mol. The van der Waals surface area contributed by atoms with E-state index in [1.165, 1.54) is 0 Å². The molecule has 5 heteroatoms. The van der Waals surface area contributed by atoms with Crippen molar-refractivity contribution in [3.63, 3.8) is 0 Å². The first kappa shape index (κ1) is 15.0. The molecule has 1 heterocycles. The fraction of sp³-hybridized carbons (Fsp3) is 0.250. The number of hydrogen-bond acceptors (Lipinski definition) is 4. The van der Waals surface area contributed by atoms with Gasteiger partial charge in [0.05, 0.1) is 12.1 Å². The van der Waals surface area contributed by atoms with E-state index in [9.17, 15) is 9.90 Å². The van der Waals surface area contributed by atoms with Crippen molar-refractivity contribution in [3.05, 3.63) is 59.9 Å². The minimum absolute atomic E-state index is 0.119. The average molecular weight is 285 g/mol. The number of carbonyl (C=O) groups is 1. The zero-order chi connectivity index (χ0) is 15.2. The lowest BCUT2D eigenvalue weighted by Crippen LogP contribution is -2.42. The molecule has 2 aromatic rings. The maximum absolute atomic E-state index is 12.1. The standard InChI is InChI=1S/C16H19N3O2/c1-11(13-6-8-18-9-7-13)19-16(21)15(17)10-12-2-4-14(20)5-3-12/h2-9,11,15,20H,10,17H2,1H3,(H,19,21)/t11-,15-/m1/s1. The monoisotopic (exact) mass is 285 g/mol. The summed E-state index contributed by atoms with van der Waals surface area (Å²) in [6.45, 7) is 1.90. The Labute approximate surface area is 123 Å². The Morgan fingerprint density at radius 1 is 1.24 bits per heavy atom. The average Bonchev–Trinajstić information content (AvgIpc) is 2.50. The lowest BCUT2D eigenvalue weighted by atomic mass is 10.0. The molecule has 0 unspecified atom stereocenters. The largest absolute Gasteiger partial charge is 0.508 e. The normalized spacial score (nSPS) is 13.4. The van der Waals surface area contributed by atoms with E-state index in [1.807, 2.05) is 19.1 Å². The van der Waals surface area contributed by atoms with E-state index in [2.05, 4.69) is 10.3 Å². The lowest BCUT2D eigenvalue weighted by Gasteiger charge is -2.18. The van der Waals surface area contributed by atoms with Crippen LogP contribution in [0.2, 0.25) is 0 Å². The number of nitrogens with two attached hydrogens (primary N) is 1. The zero-order valence-corrected chi connectivity index (χ0v) is 11.9. The van der Waals surface area contributed by atoms with Gasteiger partial charge in [0.15, 0.2) is 0 Å². The number of aromatic nitrogens is 1. The fourth-order valence-corrected chi connectivity index (χ4v) is 2.03. The first-order valence-corrected chi connectivity index (χ1v) is 6.80. The Kier molecular flexibility index (Phi) is 4.90. The van der Waals surface area contributed by atoms with Crippen LogP contribution in [0.25, 0.3) is 0 Å². The second-order valence-electron chi connectivity index (χ2n) is 4.99. The third kappa shape index (κ3) is 4.29. The predicted octanol–water partition coefficient (Wildman–Crippen LogP) is 1.53. The summed E-state index contributed by atoms with van der Waals surface area (Å²) in [5, 5.41) is 12.1. The van der Waals surface area contributed by atoms with Gasteiger partial charge in [-0.25, -0.2) is 0 Å². The number of carbonyl (C=O) groups excluding carboxylic acids is 1. The molecule has 21 heavy (non-hydrogen) atoms. The highest BCUT2D eigenvalue weighted by Gasteiger charge is 2.17. The SMILES string of the molecule is C[C@@H](NC(=O)[C@H](N)Cc1ccc(O)cc1)c1ccncc1. The predicted molar refractivity (Wildman–Crippen MR) is 80.6 cm³/mol. The quantitative estimate of drug-likeness (QED) is 0.777. The number of pyridine rings is 1. The van der Waals surface area contributed by atoms with Gasteiger partial charge in [-0.05, 0) is 48.7 Å². The Balaban J connectivity index is 1.92. The molecule has 0 radical (unpaired) electrons. The molecule has 1 amide bonds. The van der Waals surface area contributed by atoms with Crippen LogP contribution in [0.5, 0.6) is 5.75 Å². The molecule has 0 spiro atoms. The molecule has 4 N–H and O–H groups in total. The smallest absolute Gasteiger partial charge is 0.237 e. The fourth-order valence-electron chi connectivity index (χ4n) is 2.03. The van der Waals surface area contributed by atoms with Crippen LogP contribution in [0.1, 0.15) is 24.1 Å². The van der Waals surface area contributed by atoms with Gasteiger partial charge < -0.3 is 16.2 Å². The maximum Gasteiger partial charge on any atom is 0.237 e. The van der Waals surface area contributed by atoms with Gasteiger partial charge in [-0.15, -0.1) is 0 Å². The Bertz CT molecular complexity index is 584. The van der Waals surface area contributed by atoms with Crippen molar-refractivity contribution in [1.82, 2.24) is 10.3 Å². The molecule has 5 nitrogen and oxygen atoms in total. The number of phenolic OH excluding ortho intramolecular Hbond substituents is 1. The topological polar surface area (TPSA) is 88.2 Å². The van der Waals surface area contributed by atoms with Crippen molar-refractivity contribution >= 4 is 5.91 Å². The number of nitrogens with zero attached hydrogens (tertiary/aromatic N) is 1. The lowest BCUT2D eigenvalue weighted by molar-refractivity contribution is -0.123. The van der Waals surface area contributed by atoms with Crippen molar-refractivity contribution in [2.75, 3.05) is 0 Å². The second-order valence-corrected chi connectivity index (χ2v) is 4.99. The molecule has 0 saturated carbocycles. The van der Waals surface area contributed by atoms with Crippen LogP contribution in [-0.2, 0) is 11.2 Å². The molecule has 0 aliphatic heterocycles. The van der Waals surface area contributed by atoms with Crippen LogP contribution in [0, 0.1) is 0 Å². The highest BCUT2D eigenvalue weighted by molar-refractivity contribution is 5.82. The third-order valence-corrected chi connectivity index (χ3v) is 3.29. The van der Waals surface area contributed by atoms with Gasteiger partial charge >= 0.3 is 0 Å². The zero-order valence-electron chi connectivity index (χ0n) is 11.9. The van der Waals surface area contributed by atoms with Crippen LogP contribution >= 0.6 is 0 Å². The summed E-state index contributed by atoms with van der Waals surface area (Å²) in [6.07, 6.45) is 3.80. The Morgan fingerprint density at radius 3 is 2.48 bits per heavy atom. The van der Waals surface area contributed by atoms with E-state index in [-0.39, 0.29) is 17.7 Å². The van der Waals surface area contributed by atoms with Gasteiger partial charge in [-0.2, -0.15) is 0 Å². The summed E-state index contributed by atoms with van der Waals surface area (Å²) in [7, 11) is 0. The molecule has 0 bridgehead atoms. The molecule has 1 aromatic carbocycles. The molecule has 0 aliphatic rings. The molecular formula is C16H19N3O2. The number of benzene rings is 1. The van der Waals surface area contributed by atoms with Gasteiger partial charge in [0.2, 0.25) is 5.91 Å². The van der Waals surface area contributed by atoms with Crippen molar-refractivity contribution in [3.8, 4) is 5.75 Å². The second kappa shape index (κ2) is 6.85. The van der Waals surface area contributed by atoms with Crippen LogP contribution in [0.3, 0.4) is 0 Å². The third-order valence-electron chi connectivity index (χ3n) is 3.29. The molecule has 110 valence electrons. The maximum atomic E-state index is 12.1. The summed E-state index contributed by atoms with van der Waals surface area (Å²) >= 11 is 0. The number of rotatable bonds is 5. The van der Waals surface area contributed by atoms with E-state index < -0.39 is 6.04 Å². The van der Waals surface area contributed by atoms with Crippen LogP contribution in [0.15, 0.2) is 48.8 Å². The van der Waals surface area contributed by atoms with E-state index >= 15 is 0 Å². The number of nitrogens with one attached hydrogen (secondary N) is 1. The summed E-state index contributed by atoms with van der Waals surface area (Å²) < 4.78 is 0. The van der Waals surface area contributed by atoms with Gasteiger partial charge in [0.1, 0.15) is 5.75 Å². The first-order valence-electron chi connectivity index (χ1n) is 6.80. The van der Waals surface area contributed by atoms with Crippen molar-refractivity contribution in [2.45, 2.75) is 25.4 Å². The van der Waals surface area contributed by atoms with Crippen molar-refractivity contribution < 1.29 is 9.90 Å². The molecule has 1 aromatic heterocycles. The highest BCUT2D eigenvalue weighted by Crippen LogP contribution is 2.13. The number of phenols is 1. The molecule has 2 rings (SSSR count). The van der Waals surface area contributed by atoms with Crippen molar-refractivity contribution in [1.29, 1.82) is 0 Å². The first-order chi connectivity index (χ1) is 10.1. The summed E-state index contributed by atoms with van der Waals surface area (Å²) in [5.41, 5.74) is 7.82. The van der Waals surface area contributed by atoms with Crippen LogP contribution in [-0.4, -0.2) is 22.0 Å². The highest BCUT2D eigenvalue weighted by atomic mass is 16.3. The Hall–Kier alpha value is -2.40. The number of amides is 1. The molecule has 0 fully saturated rings. The molecule has 0 saturated heterocycles. The van der Waals surface area contributed by atoms with Gasteiger partial charge in [-0.3, -0.25) is 9.78 Å². The minimum atomic E-state index is -0.626. The van der Waals surface area contributed by atoms with Gasteiger partial charge in [0.25, 0.3) is 0 Å². The van der Waals surface area contributed by atoms with E-state index in [1.54, 1.807) is 36.7 Å². The van der Waals surface area contributed by atoms with E-state index in [0.717, 1.165) is 11.1 Å². The number of aromatic hydroxyl groups is 1. The van der Waals surface area contributed by atoms with Gasteiger partial charge in [0, 0.05) is 12.4 Å². The molecule has 0 aliphatic carbocycles. The van der Waals surface area contributed by atoms with E-state index in [0.29, 0.717) is 6.42 Å². The number of hydrogen-bond donors (Lipinski definition) is 3.